The Morgan fingerprint density at radius 2 is 2.26 bits per heavy atom. The van der Waals surface area contributed by atoms with Crippen LogP contribution in [-0.4, -0.2) is 28.9 Å². The lowest BCUT2D eigenvalue weighted by molar-refractivity contribution is 0.0737. The zero-order chi connectivity index (χ0) is 13.8. The van der Waals surface area contributed by atoms with Gasteiger partial charge in [0.1, 0.15) is 5.69 Å². The maximum absolute atomic E-state index is 12.4. The molecule has 0 N–H and O–H groups in total. The van der Waals surface area contributed by atoms with Gasteiger partial charge in [0.25, 0.3) is 5.91 Å². The molecule has 0 aliphatic heterocycles. The van der Waals surface area contributed by atoms with Crippen molar-refractivity contribution in [1.82, 2.24) is 9.88 Å². The number of carbonyl (C=O) groups is 1. The van der Waals surface area contributed by atoms with Crippen molar-refractivity contribution in [3.8, 4) is 0 Å². The molecular formula is C14H15BrN2OS. The highest BCUT2D eigenvalue weighted by molar-refractivity contribution is 9.10. The average Bonchev–Trinajstić information content (AvgIpc) is 2.90. The summed E-state index contributed by atoms with van der Waals surface area (Å²) in [5, 5.41) is 2.05. The maximum atomic E-state index is 12.4. The van der Waals surface area contributed by atoms with Crippen molar-refractivity contribution in [2.75, 3.05) is 7.05 Å². The summed E-state index contributed by atoms with van der Waals surface area (Å²) in [6.45, 7) is 2.05. The fraction of sp³-hybridized carbons (Fsp3) is 0.286. The van der Waals surface area contributed by atoms with Crippen LogP contribution < -0.4 is 0 Å². The van der Waals surface area contributed by atoms with Crippen LogP contribution in [0.15, 0.2) is 40.3 Å². The number of thiophene rings is 1. The summed E-state index contributed by atoms with van der Waals surface area (Å²) >= 11 is 5.08. The third-order valence-electron chi connectivity index (χ3n) is 3.02. The number of pyridine rings is 1. The Morgan fingerprint density at radius 1 is 1.47 bits per heavy atom. The van der Waals surface area contributed by atoms with E-state index in [0.717, 1.165) is 10.9 Å². The van der Waals surface area contributed by atoms with Crippen LogP contribution in [0.4, 0.5) is 0 Å². The average molecular weight is 339 g/mol. The molecule has 1 amide bonds. The Bertz CT molecular complexity index is 556. The van der Waals surface area contributed by atoms with Gasteiger partial charge in [-0.3, -0.25) is 4.79 Å². The summed E-state index contributed by atoms with van der Waals surface area (Å²) in [4.78, 5) is 19.5. The molecule has 1 atom stereocenters. The van der Waals surface area contributed by atoms with Gasteiger partial charge in [0.15, 0.2) is 0 Å². The molecule has 100 valence electrons. The zero-order valence-corrected chi connectivity index (χ0v) is 13.2. The van der Waals surface area contributed by atoms with Crippen molar-refractivity contribution in [3.63, 3.8) is 0 Å². The second kappa shape index (κ2) is 6.30. The number of hydrogen-bond acceptors (Lipinski definition) is 3. The molecule has 0 bridgehead atoms. The molecule has 5 heteroatoms. The number of hydrogen-bond donors (Lipinski definition) is 0. The second-order valence-electron chi connectivity index (χ2n) is 4.38. The van der Waals surface area contributed by atoms with E-state index < -0.39 is 0 Å². The molecule has 0 fully saturated rings. The molecule has 0 radical (unpaired) electrons. The summed E-state index contributed by atoms with van der Waals surface area (Å²) in [6, 6.07) is 7.90. The number of carbonyl (C=O) groups excluding carboxylic acids is 1. The predicted molar refractivity (Wildman–Crippen MR) is 81.5 cm³/mol. The van der Waals surface area contributed by atoms with Crippen molar-refractivity contribution in [3.05, 3.63) is 50.9 Å². The largest absolute Gasteiger partial charge is 0.337 e. The van der Waals surface area contributed by atoms with Gasteiger partial charge >= 0.3 is 0 Å². The lowest BCUT2D eigenvalue weighted by Crippen LogP contribution is -2.36. The maximum Gasteiger partial charge on any atom is 0.273 e. The molecule has 0 aliphatic rings. The van der Waals surface area contributed by atoms with E-state index in [4.69, 9.17) is 0 Å². The van der Waals surface area contributed by atoms with Crippen LogP contribution in [0, 0.1) is 0 Å². The summed E-state index contributed by atoms with van der Waals surface area (Å²) < 4.78 is 0.732. The number of nitrogens with zero attached hydrogens (tertiary/aromatic N) is 2. The van der Waals surface area contributed by atoms with Gasteiger partial charge in [0.2, 0.25) is 0 Å². The predicted octanol–water partition coefficient (Wildman–Crippen LogP) is 3.61. The lowest BCUT2D eigenvalue weighted by Gasteiger charge is -2.24. The molecule has 3 nitrogen and oxygen atoms in total. The quantitative estimate of drug-likeness (QED) is 0.853. The van der Waals surface area contributed by atoms with Gasteiger partial charge in [-0.15, -0.1) is 11.3 Å². The highest BCUT2D eigenvalue weighted by atomic mass is 79.9. The first-order valence-electron chi connectivity index (χ1n) is 5.99. The molecule has 0 aromatic carbocycles. The third kappa shape index (κ3) is 3.42. The minimum atomic E-state index is -0.0588. The number of likely N-dealkylation sites (N-methyl/N-ethyl adjacent to an activating group) is 1. The van der Waals surface area contributed by atoms with Crippen molar-refractivity contribution < 1.29 is 4.79 Å². The molecule has 2 rings (SSSR count). The summed E-state index contributed by atoms with van der Waals surface area (Å²) in [5.74, 6) is -0.0588. The monoisotopic (exact) mass is 338 g/mol. The first-order chi connectivity index (χ1) is 9.09. The Labute approximate surface area is 125 Å². The Hall–Kier alpha value is -1.20. The normalized spacial score (nSPS) is 12.2. The first kappa shape index (κ1) is 14.2. The fourth-order valence-corrected chi connectivity index (χ4v) is 3.02. The molecule has 0 saturated heterocycles. The molecule has 2 aromatic heterocycles. The standard InChI is InChI=1S/C14H15BrN2OS/c1-10(9-11-5-4-8-19-11)17(2)14(18)13-12(15)6-3-7-16-13/h3-8,10H,9H2,1-2H3. The summed E-state index contributed by atoms with van der Waals surface area (Å²) in [5.41, 5.74) is 0.461. The molecule has 1 unspecified atom stereocenters. The van der Waals surface area contributed by atoms with Crippen LogP contribution >= 0.6 is 27.3 Å². The number of amides is 1. The molecule has 0 saturated carbocycles. The summed E-state index contributed by atoms with van der Waals surface area (Å²) in [7, 11) is 1.82. The van der Waals surface area contributed by atoms with Crippen molar-refractivity contribution in [1.29, 1.82) is 0 Å². The van der Waals surface area contributed by atoms with Crippen molar-refractivity contribution in [2.24, 2.45) is 0 Å². The highest BCUT2D eigenvalue weighted by Crippen LogP contribution is 2.18. The SMILES string of the molecule is CC(Cc1cccs1)N(C)C(=O)c1ncccc1Br. The van der Waals surface area contributed by atoms with Crippen LogP contribution in [0.2, 0.25) is 0 Å². The Morgan fingerprint density at radius 3 is 2.89 bits per heavy atom. The number of halogens is 1. The van der Waals surface area contributed by atoms with E-state index in [1.54, 1.807) is 28.5 Å². The number of rotatable bonds is 4. The van der Waals surface area contributed by atoms with E-state index in [0.29, 0.717) is 5.69 Å². The van der Waals surface area contributed by atoms with Crippen LogP contribution in [0.1, 0.15) is 22.3 Å². The Kier molecular flexibility index (Phi) is 4.71. The lowest BCUT2D eigenvalue weighted by atomic mass is 10.1. The number of aromatic nitrogens is 1. The van der Waals surface area contributed by atoms with Crippen molar-refractivity contribution >= 4 is 33.2 Å². The van der Waals surface area contributed by atoms with Crippen LogP contribution in [0.25, 0.3) is 0 Å². The molecule has 19 heavy (non-hydrogen) atoms. The minimum absolute atomic E-state index is 0.0588. The van der Waals surface area contributed by atoms with Gasteiger partial charge in [0.05, 0.1) is 0 Å². The molecule has 2 heterocycles. The smallest absolute Gasteiger partial charge is 0.273 e. The molecule has 0 spiro atoms. The highest BCUT2D eigenvalue weighted by Gasteiger charge is 2.20. The van der Waals surface area contributed by atoms with Gasteiger partial charge < -0.3 is 4.90 Å². The van der Waals surface area contributed by atoms with Crippen LogP contribution in [-0.2, 0) is 6.42 Å². The van der Waals surface area contributed by atoms with E-state index in [1.807, 2.05) is 19.2 Å². The first-order valence-corrected chi connectivity index (χ1v) is 7.67. The molecular weight excluding hydrogens is 324 g/mol. The Balaban J connectivity index is 2.09. The zero-order valence-electron chi connectivity index (χ0n) is 10.8. The van der Waals surface area contributed by atoms with E-state index in [1.165, 1.54) is 4.88 Å². The van der Waals surface area contributed by atoms with E-state index in [-0.39, 0.29) is 11.9 Å². The fourth-order valence-electron chi connectivity index (χ4n) is 1.77. The minimum Gasteiger partial charge on any atom is -0.337 e. The topological polar surface area (TPSA) is 33.2 Å². The van der Waals surface area contributed by atoms with Gasteiger partial charge in [0, 0.05) is 35.1 Å². The third-order valence-corrected chi connectivity index (χ3v) is 4.56. The van der Waals surface area contributed by atoms with E-state index in [9.17, 15) is 4.79 Å². The van der Waals surface area contributed by atoms with Gasteiger partial charge in [-0.1, -0.05) is 6.07 Å². The van der Waals surface area contributed by atoms with Crippen molar-refractivity contribution in [2.45, 2.75) is 19.4 Å². The molecule has 2 aromatic rings. The van der Waals surface area contributed by atoms with E-state index in [2.05, 4.69) is 39.3 Å². The van der Waals surface area contributed by atoms with Gasteiger partial charge in [-0.25, -0.2) is 4.98 Å². The van der Waals surface area contributed by atoms with E-state index >= 15 is 0 Å². The second-order valence-corrected chi connectivity index (χ2v) is 6.27. The molecule has 0 aliphatic carbocycles. The van der Waals surface area contributed by atoms with Gasteiger partial charge in [-0.05, 0) is 46.4 Å². The van der Waals surface area contributed by atoms with Crippen LogP contribution in [0.3, 0.4) is 0 Å². The van der Waals surface area contributed by atoms with Crippen LogP contribution in [0.5, 0.6) is 0 Å². The van der Waals surface area contributed by atoms with Gasteiger partial charge in [-0.2, -0.15) is 0 Å². The summed E-state index contributed by atoms with van der Waals surface area (Å²) in [6.07, 6.45) is 2.50.